The molecule has 1 N–H and O–H groups in total. The zero-order valence-corrected chi connectivity index (χ0v) is 10.5. The molecule has 0 aliphatic rings. The van der Waals surface area contributed by atoms with E-state index < -0.39 is 33.8 Å². The number of halogens is 3. The largest absolute Gasteiger partial charge is 0.318 e. The van der Waals surface area contributed by atoms with Gasteiger partial charge in [-0.2, -0.15) is 0 Å². The molecule has 8 heteroatoms. The maximum Gasteiger partial charge on any atom is 0.298 e. The van der Waals surface area contributed by atoms with Gasteiger partial charge >= 0.3 is 0 Å². The number of alkyl halides is 1. The first-order valence-corrected chi connectivity index (χ1v) is 5.98. The van der Waals surface area contributed by atoms with Crippen molar-refractivity contribution in [3.63, 3.8) is 0 Å². The molecule has 0 spiro atoms. The van der Waals surface area contributed by atoms with E-state index in [4.69, 9.17) is 11.6 Å². The highest BCUT2D eigenvalue weighted by Crippen LogP contribution is 2.28. The van der Waals surface area contributed by atoms with Crippen LogP contribution in [0.3, 0.4) is 0 Å². The van der Waals surface area contributed by atoms with Crippen LogP contribution in [0.25, 0.3) is 0 Å². The number of nitro benzene ring substituents is 1. The van der Waals surface area contributed by atoms with Crippen LogP contribution in [0.1, 0.15) is 19.3 Å². The number of nitrogens with zero attached hydrogens (tertiary/aromatic N) is 1. The molecule has 19 heavy (non-hydrogen) atoms. The number of anilines is 1. The maximum absolute atomic E-state index is 13.4. The van der Waals surface area contributed by atoms with Crippen LogP contribution in [0.15, 0.2) is 12.1 Å². The standard InChI is InChI=1S/C11H11ClF2N2O3/c12-4-2-1-3-10(17)15-11-8(14)5-7(13)6-9(11)16(18)19/h5-6H,1-4H2,(H,15,17). The van der Waals surface area contributed by atoms with Gasteiger partial charge in [0, 0.05) is 18.4 Å². The summed E-state index contributed by atoms with van der Waals surface area (Å²) in [6.07, 6.45) is 1.13. The third-order valence-electron chi connectivity index (χ3n) is 2.28. The minimum Gasteiger partial charge on any atom is -0.318 e. The topological polar surface area (TPSA) is 72.2 Å². The minimum absolute atomic E-state index is 0.0562. The van der Waals surface area contributed by atoms with Gasteiger partial charge in [-0.15, -0.1) is 11.6 Å². The molecule has 0 saturated heterocycles. The first kappa shape index (κ1) is 15.3. The average molecular weight is 293 g/mol. The predicted octanol–water partition coefficient (Wildman–Crippen LogP) is 3.22. The smallest absolute Gasteiger partial charge is 0.298 e. The molecule has 1 rings (SSSR count). The second kappa shape index (κ2) is 6.98. The molecule has 5 nitrogen and oxygen atoms in total. The monoisotopic (exact) mass is 292 g/mol. The van der Waals surface area contributed by atoms with Gasteiger partial charge in [-0.25, -0.2) is 8.78 Å². The van der Waals surface area contributed by atoms with Crippen LogP contribution in [0.2, 0.25) is 0 Å². The van der Waals surface area contributed by atoms with Crippen molar-refractivity contribution >= 4 is 28.9 Å². The molecule has 0 aliphatic heterocycles. The van der Waals surface area contributed by atoms with E-state index in [2.05, 4.69) is 5.32 Å². The van der Waals surface area contributed by atoms with Gasteiger partial charge in [0.2, 0.25) is 5.91 Å². The fourth-order valence-corrected chi connectivity index (χ4v) is 1.60. The fourth-order valence-electron chi connectivity index (χ4n) is 1.41. The second-order valence-electron chi connectivity index (χ2n) is 3.73. The molecular formula is C11H11ClF2N2O3. The summed E-state index contributed by atoms with van der Waals surface area (Å²) in [6, 6.07) is 1.03. The Labute approximate surface area is 112 Å². The predicted molar refractivity (Wildman–Crippen MR) is 66.2 cm³/mol. The van der Waals surface area contributed by atoms with Gasteiger partial charge in [0.15, 0.2) is 11.5 Å². The summed E-state index contributed by atoms with van der Waals surface area (Å²) < 4.78 is 26.3. The maximum atomic E-state index is 13.4. The summed E-state index contributed by atoms with van der Waals surface area (Å²) in [5.74, 6) is -2.46. The zero-order chi connectivity index (χ0) is 14.4. The average Bonchev–Trinajstić information content (AvgIpc) is 2.32. The second-order valence-corrected chi connectivity index (χ2v) is 4.11. The number of rotatable bonds is 6. The van der Waals surface area contributed by atoms with E-state index in [9.17, 15) is 23.7 Å². The van der Waals surface area contributed by atoms with Crippen molar-refractivity contribution < 1.29 is 18.5 Å². The lowest BCUT2D eigenvalue weighted by Gasteiger charge is -2.07. The Balaban J connectivity index is 2.88. The summed E-state index contributed by atoms with van der Waals surface area (Å²) in [4.78, 5) is 21.2. The van der Waals surface area contributed by atoms with E-state index in [1.165, 1.54) is 0 Å². The summed E-state index contributed by atoms with van der Waals surface area (Å²) >= 11 is 5.43. The van der Waals surface area contributed by atoms with Crippen molar-refractivity contribution in [2.45, 2.75) is 19.3 Å². The van der Waals surface area contributed by atoms with Crippen LogP contribution < -0.4 is 5.32 Å². The minimum atomic E-state index is -1.18. The molecule has 1 aromatic carbocycles. The number of hydrogen-bond acceptors (Lipinski definition) is 3. The molecule has 0 aliphatic carbocycles. The quantitative estimate of drug-likeness (QED) is 0.379. The number of nitrogens with one attached hydrogen (secondary N) is 1. The molecule has 0 aromatic heterocycles. The molecule has 0 radical (unpaired) electrons. The molecule has 0 fully saturated rings. The summed E-state index contributed by atoms with van der Waals surface area (Å²) in [5, 5.41) is 12.8. The van der Waals surface area contributed by atoms with Crippen LogP contribution in [0.4, 0.5) is 20.2 Å². The van der Waals surface area contributed by atoms with Crippen molar-refractivity contribution in [1.82, 2.24) is 0 Å². The number of carbonyl (C=O) groups excluding carboxylic acids is 1. The molecule has 104 valence electrons. The third-order valence-corrected chi connectivity index (χ3v) is 2.55. The van der Waals surface area contributed by atoms with Crippen molar-refractivity contribution in [2.24, 2.45) is 0 Å². The highest BCUT2D eigenvalue weighted by atomic mass is 35.5. The molecule has 1 amide bonds. The number of carbonyl (C=O) groups is 1. The fraction of sp³-hybridized carbons (Fsp3) is 0.364. The number of nitro groups is 1. The van der Waals surface area contributed by atoms with E-state index in [1.54, 1.807) is 0 Å². The Kier molecular flexibility index (Phi) is 5.62. The molecule has 0 unspecified atom stereocenters. The van der Waals surface area contributed by atoms with Gasteiger partial charge in [-0.05, 0) is 12.8 Å². The van der Waals surface area contributed by atoms with E-state index in [0.29, 0.717) is 30.9 Å². The lowest BCUT2D eigenvalue weighted by atomic mass is 10.2. The van der Waals surface area contributed by atoms with Crippen LogP contribution in [0, 0.1) is 21.7 Å². The normalized spacial score (nSPS) is 10.3. The van der Waals surface area contributed by atoms with E-state index >= 15 is 0 Å². The van der Waals surface area contributed by atoms with Crippen molar-refractivity contribution in [3.05, 3.63) is 33.9 Å². The van der Waals surface area contributed by atoms with Gasteiger partial charge in [-0.1, -0.05) is 0 Å². The molecule has 0 saturated carbocycles. The summed E-state index contributed by atoms with van der Waals surface area (Å²) in [6.45, 7) is 0. The lowest BCUT2D eigenvalue weighted by molar-refractivity contribution is -0.384. The Hall–Kier alpha value is -1.76. The molecule has 0 bridgehead atoms. The van der Waals surface area contributed by atoms with Gasteiger partial charge < -0.3 is 5.32 Å². The Morgan fingerprint density at radius 1 is 1.37 bits per heavy atom. The number of unbranched alkanes of at least 4 members (excludes halogenated alkanes) is 1. The number of hydrogen-bond donors (Lipinski definition) is 1. The van der Waals surface area contributed by atoms with Crippen LogP contribution in [-0.4, -0.2) is 16.7 Å². The van der Waals surface area contributed by atoms with Crippen molar-refractivity contribution in [2.75, 3.05) is 11.2 Å². The SMILES string of the molecule is O=C(CCCCCl)Nc1c(F)cc(F)cc1[N+](=O)[O-]. The highest BCUT2D eigenvalue weighted by molar-refractivity contribution is 6.17. The molecule has 1 aromatic rings. The van der Waals surface area contributed by atoms with E-state index in [-0.39, 0.29) is 6.42 Å². The van der Waals surface area contributed by atoms with Crippen molar-refractivity contribution in [3.8, 4) is 0 Å². The van der Waals surface area contributed by atoms with E-state index in [1.807, 2.05) is 0 Å². The van der Waals surface area contributed by atoms with Gasteiger partial charge in [0.1, 0.15) is 5.82 Å². The Morgan fingerprint density at radius 2 is 2.05 bits per heavy atom. The lowest BCUT2D eigenvalue weighted by Crippen LogP contribution is -2.14. The first-order chi connectivity index (χ1) is 8.95. The zero-order valence-electron chi connectivity index (χ0n) is 9.79. The van der Waals surface area contributed by atoms with Crippen LogP contribution in [-0.2, 0) is 4.79 Å². The van der Waals surface area contributed by atoms with Crippen LogP contribution in [0.5, 0.6) is 0 Å². The van der Waals surface area contributed by atoms with Gasteiger partial charge in [0.25, 0.3) is 5.69 Å². The Morgan fingerprint density at radius 3 is 2.63 bits per heavy atom. The van der Waals surface area contributed by atoms with E-state index in [0.717, 1.165) is 0 Å². The number of amides is 1. The molecule has 0 atom stereocenters. The number of benzene rings is 1. The van der Waals surface area contributed by atoms with Crippen LogP contribution >= 0.6 is 11.6 Å². The summed E-state index contributed by atoms with van der Waals surface area (Å²) in [7, 11) is 0. The Bertz CT molecular complexity index is 497. The third kappa shape index (κ3) is 4.44. The summed E-state index contributed by atoms with van der Waals surface area (Å²) in [5.41, 5.74) is -1.44. The first-order valence-electron chi connectivity index (χ1n) is 5.45. The van der Waals surface area contributed by atoms with Gasteiger partial charge in [-0.3, -0.25) is 14.9 Å². The van der Waals surface area contributed by atoms with Gasteiger partial charge in [0.05, 0.1) is 11.0 Å². The molecule has 0 heterocycles. The highest BCUT2D eigenvalue weighted by Gasteiger charge is 2.22. The van der Waals surface area contributed by atoms with Crippen molar-refractivity contribution in [1.29, 1.82) is 0 Å². The molecular weight excluding hydrogens is 282 g/mol.